The molecule has 1 N–H and O–H groups in total. The van der Waals surface area contributed by atoms with Crippen LogP contribution in [0.3, 0.4) is 0 Å². The van der Waals surface area contributed by atoms with Gasteiger partial charge >= 0.3 is 0 Å². The van der Waals surface area contributed by atoms with Crippen LogP contribution in [0.15, 0.2) is 47.4 Å². The minimum absolute atomic E-state index is 0.182. The number of nitriles is 1. The first-order valence-electron chi connectivity index (χ1n) is 9.49. The summed E-state index contributed by atoms with van der Waals surface area (Å²) < 4.78 is 28.7. The lowest BCUT2D eigenvalue weighted by Crippen LogP contribution is -2.11. The van der Waals surface area contributed by atoms with E-state index in [1.807, 2.05) is 13.0 Å². The molecule has 2 aromatic carbocycles. The van der Waals surface area contributed by atoms with Gasteiger partial charge in [0.1, 0.15) is 21.7 Å². The Hall–Kier alpha value is -3.22. The standard InChI is InChI=1S/C22H21N3O4S2/c1-4-11-29-19-10-5-15(12-16(19)13-23)22-24-14(2)20(30-22)21(26)25-17-6-8-18(9-7-17)31(3,27)28/h5-10,12H,4,11H2,1-3H3,(H,25,26). The third-order valence-electron chi connectivity index (χ3n) is 4.35. The maximum Gasteiger partial charge on any atom is 0.267 e. The Kier molecular flexibility index (Phi) is 6.73. The molecule has 0 fully saturated rings. The number of anilines is 1. The molecule has 31 heavy (non-hydrogen) atoms. The van der Waals surface area contributed by atoms with Gasteiger partial charge in [0.15, 0.2) is 9.84 Å². The molecule has 0 aliphatic carbocycles. The van der Waals surface area contributed by atoms with Gasteiger partial charge in [-0.15, -0.1) is 11.3 Å². The van der Waals surface area contributed by atoms with Crippen molar-refractivity contribution in [2.45, 2.75) is 25.2 Å². The molecule has 1 heterocycles. The first-order chi connectivity index (χ1) is 14.7. The number of hydrogen-bond donors (Lipinski definition) is 1. The number of amides is 1. The van der Waals surface area contributed by atoms with Crippen molar-refractivity contribution in [1.29, 1.82) is 5.26 Å². The fourth-order valence-electron chi connectivity index (χ4n) is 2.79. The summed E-state index contributed by atoms with van der Waals surface area (Å²) in [6.45, 7) is 4.26. The van der Waals surface area contributed by atoms with Gasteiger partial charge in [-0.25, -0.2) is 13.4 Å². The quantitative estimate of drug-likeness (QED) is 0.564. The van der Waals surface area contributed by atoms with E-state index >= 15 is 0 Å². The molecule has 1 amide bonds. The Labute approximate surface area is 185 Å². The number of carbonyl (C=O) groups excluding carboxylic acids is 1. The van der Waals surface area contributed by atoms with E-state index in [1.54, 1.807) is 31.2 Å². The Morgan fingerprint density at radius 3 is 2.55 bits per heavy atom. The second kappa shape index (κ2) is 9.29. The molecule has 7 nitrogen and oxygen atoms in total. The van der Waals surface area contributed by atoms with Crippen molar-refractivity contribution >= 4 is 32.8 Å². The summed E-state index contributed by atoms with van der Waals surface area (Å²) in [6.07, 6.45) is 1.97. The van der Waals surface area contributed by atoms with Crippen LogP contribution in [0.1, 0.15) is 34.3 Å². The number of rotatable bonds is 7. The highest BCUT2D eigenvalue weighted by Gasteiger charge is 2.18. The van der Waals surface area contributed by atoms with E-state index in [0.29, 0.717) is 39.2 Å². The van der Waals surface area contributed by atoms with E-state index in [9.17, 15) is 18.5 Å². The molecule has 3 aromatic rings. The molecular weight excluding hydrogens is 434 g/mol. The highest BCUT2D eigenvalue weighted by Crippen LogP contribution is 2.31. The second-order valence-electron chi connectivity index (χ2n) is 6.86. The number of nitrogens with zero attached hydrogens (tertiary/aromatic N) is 2. The maximum atomic E-state index is 12.7. The monoisotopic (exact) mass is 455 g/mol. The number of aromatic nitrogens is 1. The van der Waals surface area contributed by atoms with Crippen LogP contribution in [0.2, 0.25) is 0 Å². The van der Waals surface area contributed by atoms with Crippen molar-refractivity contribution < 1.29 is 17.9 Å². The predicted molar refractivity (Wildman–Crippen MR) is 120 cm³/mol. The van der Waals surface area contributed by atoms with Crippen LogP contribution in [0.5, 0.6) is 5.75 Å². The fraction of sp³-hybridized carbons (Fsp3) is 0.227. The van der Waals surface area contributed by atoms with Gasteiger partial charge in [0.2, 0.25) is 0 Å². The van der Waals surface area contributed by atoms with Crippen LogP contribution in [0, 0.1) is 18.3 Å². The molecule has 0 aliphatic heterocycles. The Morgan fingerprint density at radius 2 is 1.94 bits per heavy atom. The normalized spacial score (nSPS) is 11.0. The molecule has 0 saturated carbocycles. The van der Waals surface area contributed by atoms with E-state index in [4.69, 9.17) is 4.74 Å². The summed E-state index contributed by atoms with van der Waals surface area (Å²) in [7, 11) is -3.30. The third-order valence-corrected chi connectivity index (χ3v) is 6.69. The lowest BCUT2D eigenvalue weighted by molar-refractivity contribution is 0.103. The molecule has 9 heteroatoms. The number of hydrogen-bond acceptors (Lipinski definition) is 7. The number of sulfone groups is 1. The van der Waals surface area contributed by atoms with Gasteiger partial charge in [-0.3, -0.25) is 4.79 Å². The predicted octanol–water partition coefficient (Wildman–Crippen LogP) is 4.43. The molecule has 0 unspecified atom stereocenters. The molecule has 0 spiro atoms. The van der Waals surface area contributed by atoms with Gasteiger partial charge in [-0.1, -0.05) is 6.92 Å². The van der Waals surface area contributed by atoms with E-state index in [0.717, 1.165) is 18.2 Å². The number of carbonyl (C=O) groups is 1. The van der Waals surface area contributed by atoms with E-state index in [1.165, 1.54) is 23.5 Å². The van der Waals surface area contributed by atoms with Crippen LogP contribution in [-0.2, 0) is 9.84 Å². The molecule has 0 atom stereocenters. The zero-order chi connectivity index (χ0) is 22.6. The second-order valence-corrected chi connectivity index (χ2v) is 9.87. The molecule has 0 bridgehead atoms. The van der Waals surface area contributed by atoms with Gasteiger partial charge in [0, 0.05) is 17.5 Å². The average Bonchev–Trinajstić information content (AvgIpc) is 3.13. The van der Waals surface area contributed by atoms with Crippen LogP contribution >= 0.6 is 11.3 Å². The minimum atomic E-state index is -3.30. The number of aryl methyl sites for hydroxylation is 1. The SMILES string of the molecule is CCCOc1ccc(-c2nc(C)c(C(=O)Nc3ccc(S(C)(=O)=O)cc3)s2)cc1C#N. The van der Waals surface area contributed by atoms with Crippen molar-refractivity contribution in [3.8, 4) is 22.4 Å². The highest BCUT2D eigenvalue weighted by atomic mass is 32.2. The highest BCUT2D eigenvalue weighted by molar-refractivity contribution is 7.90. The minimum Gasteiger partial charge on any atom is -0.492 e. The molecule has 3 rings (SSSR count). The molecular formula is C22H21N3O4S2. The summed E-state index contributed by atoms with van der Waals surface area (Å²) in [5.41, 5.74) is 2.19. The number of thiazole rings is 1. The van der Waals surface area contributed by atoms with Gasteiger partial charge in [-0.05, 0) is 55.8 Å². The lowest BCUT2D eigenvalue weighted by atomic mass is 10.1. The number of benzene rings is 2. The van der Waals surface area contributed by atoms with Gasteiger partial charge < -0.3 is 10.1 Å². The smallest absolute Gasteiger partial charge is 0.267 e. The van der Waals surface area contributed by atoms with E-state index in [-0.39, 0.29) is 10.8 Å². The zero-order valence-electron chi connectivity index (χ0n) is 17.3. The average molecular weight is 456 g/mol. The summed E-state index contributed by atoms with van der Waals surface area (Å²) in [5, 5.41) is 12.8. The molecule has 0 saturated heterocycles. The van der Waals surface area contributed by atoms with Gasteiger partial charge in [0.05, 0.1) is 22.8 Å². The van der Waals surface area contributed by atoms with Crippen molar-refractivity contribution in [1.82, 2.24) is 4.98 Å². The van der Waals surface area contributed by atoms with Crippen LogP contribution < -0.4 is 10.1 Å². The van der Waals surface area contributed by atoms with Gasteiger partial charge in [0.25, 0.3) is 5.91 Å². The topological polar surface area (TPSA) is 109 Å². The summed E-state index contributed by atoms with van der Waals surface area (Å²) in [5.74, 6) is 0.189. The first-order valence-corrected chi connectivity index (χ1v) is 12.2. The zero-order valence-corrected chi connectivity index (χ0v) is 18.9. The van der Waals surface area contributed by atoms with Gasteiger partial charge in [-0.2, -0.15) is 5.26 Å². The number of ether oxygens (including phenoxy) is 1. The largest absolute Gasteiger partial charge is 0.492 e. The Balaban J connectivity index is 1.82. The molecule has 0 aliphatic rings. The summed E-state index contributed by atoms with van der Waals surface area (Å²) >= 11 is 1.22. The Morgan fingerprint density at radius 1 is 1.23 bits per heavy atom. The van der Waals surface area contributed by atoms with Crippen LogP contribution in [0.4, 0.5) is 5.69 Å². The van der Waals surface area contributed by atoms with Crippen LogP contribution in [-0.4, -0.2) is 32.2 Å². The molecule has 1 aromatic heterocycles. The van der Waals surface area contributed by atoms with Crippen LogP contribution in [0.25, 0.3) is 10.6 Å². The van der Waals surface area contributed by atoms with Crippen molar-refractivity contribution in [2.75, 3.05) is 18.2 Å². The lowest BCUT2D eigenvalue weighted by Gasteiger charge is -2.07. The van der Waals surface area contributed by atoms with E-state index < -0.39 is 9.84 Å². The molecule has 0 radical (unpaired) electrons. The van der Waals surface area contributed by atoms with Crippen molar-refractivity contribution in [3.63, 3.8) is 0 Å². The summed E-state index contributed by atoms with van der Waals surface area (Å²) in [4.78, 5) is 17.8. The maximum absolute atomic E-state index is 12.7. The van der Waals surface area contributed by atoms with E-state index in [2.05, 4.69) is 16.4 Å². The number of nitrogens with one attached hydrogen (secondary N) is 1. The van der Waals surface area contributed by atoms with Crippen molar-refractivity contribution in [2.24, 2.45) is 0 Å². The first kappa shape index (κ1) is 22.5. The summed E-state index contributed by atoms with van der Waals surface area (Å²) in [6, 6.07) is 13.4. The Bertz CT molecular complexity index is 1260. The van der Waals surface area contributed by atoms with Crippen molar-refractivity contribution in [3.05, 3.63) is 58.6 Å². The molecule has 160 valence electrons. The third kappa shape index (κ3) is 5.29. The fourth-order valence-corrected chi connectivity index (χ4v) is 4.38.